The molecule has 5 heteroatoms. The second-order valence-electron chi connectivity index (χ2n) is 3.91. The predicted octanol–water partition coefficient (Wildman–Crippen LogP) is 1.17. The Kier molecular flexibility index (Phi) is 5.72. The van der Waals surface area contributed by atoms with E-state index in [1.165, 1.54) is 0 Å². The number of esters is 1. The number of hydrogen-bond acceptors (Lipinski definition) is 5. The molecule has 17 heavy (non-hydrogen) atoms. The SMILES string of the molecule is CCOC(=O)c1ccc(CNCC(C)CO)o1. The lowest BCUT2D eigenvalue weighted by Crippen LogP contribution is -2.22. The van der Waals surface area contributed by atoms with Gasteiger partial charge >= 0.3 is 5.97 Å². The molecule has 0 radical (unpaired) electrons. The number of ether oxygens (including phenoxy) is 1. The molecule has 0 saturated heterocycles. The third-order valence-corrected chi connectivity index (χ3v) is 2.24. The Morgan fingerprint density at radius 2 is 2.35 bits per heavy atom. The lowest BCUT2D eigenvalue weighted by molar-refractivity contribution is 0.0488. The summed E-state index contributed by atoms with van der Waals surface area (Å²) in [5, 5.41) is 12.0. The van der Waals surface area contributed by atoms with Crippen molar-refractivity contribution in [2.24, 2.45) is 5.92 Å². The van der Waals surface area contributed by atoms with Crippen molar-refractivity contribution in [1.82, 2.24) is 5.32 Å². The molecule has 0 aliphatic carbocycles. The van der Waals surface area contributed by atoms with E-state index in [4.69, 9.17) is 14.3 Å². The number of carbonyl (C=O) groups is 1. The quantitative estimate of drug-likeness (QED) is 0.701. The van der Waals surface area contributed by atoms with Crippen LogP contribution in [0.2, 0.25) is 0 Å². The number of carbonyl (C=O) groups excluding carboxylic acids is 1. The van der Waals surface area contributed by atoms with Gasteiger partial charge in [-0.05, 0) is 25.0 Å². The molecule has 0 aromatic carbocycles. The number of nitrogens with one attached hydrogen (secondary N) is 1. The standard InChI is InChI=1S/C12H19NO4/c1-3-16-12(15)11-5-4-10(17-11)7-13-6-9(2)8-14/h4-5,9,13-14H,3,6-8H2,1-2H3. The highest BCUT2D eigenvalue weighted by atomic mass is 16.5. The van der Waals surface area contributed by atoms with Crippen molar-refractivity contribution >= 4 is 5.97 Å². The minimum atomic E-state index is -0.442. The maximum atomic E-state index is 11.3. The molecule has 96 valence electrons. The Morgan fingerprint density at radius 3 is 3.00 bits per heavy atom. The van der Waals surface area contributed by atoms with Crippen LogP contribution in [-0.2, 0) is 11.3 Å². The largest absolute Gasteiger partial charge is 0.460 e. The first-order valence-electron chi connectivity index (χ1n) is 5.74. The molecule has 1 rings (SSSR count). The van der Waals surface area contributed by atoms with Gasteiger partial charge in [0.1, 0.15) is 5.76 Å². The van der Waals surface area contributed by atoms with Gasteiger partial charge in [-0.25, -0.2) is 4.79 Å². The first kappa shape index (κ1) is 13.7. The Hall–Kier alpha value is -1.33. The molecule has 0 aliphatic rings. The zero-order valence-corrected chi connectivity index (χ0v) is 10.2. The van der Waals surface area contributed by atoms with Gasteiger partial charge in [0.25, 0.3) is 0 Å². The highest BCUT2D eigenvalue weighted by molar-refractivity contribution is 5.86. The molecule has 2 N–H and O–H groups in total. The smallest absolute Gasteiger partial charge is 0.374 e. The molecule has 5 nitrogen and oxygen atoms in total. The summed E-state index contributed by atoms with van der Waals surface area (Å²) in [5.74, 6) is 0.661. The van der Waals surface area contributed by atoms with E-state index in [9.17, 15) is 4.79 Å². The van der Waals surface area contributed by atoms with Gasteiger partial charge in [0.05, 0.1) is 13.2 Å². The van der Waals surface area contributed by atoms with Gasteiger partial charge < -0.3 is 19.6 Å². The van der Waals surface area contributed by atoms with Crippen LogP contribution in [0.3, 0.4) is 0 Å². The van der Waals surface area contributed by atoms with E-state index in [0.29, 0.717) is 25.5 Å². The van der Waals surface area contributed by atoms with Crippen molar-refractivity contribution < 1.29 is 19.1 Å². The molecule has 1 aromatic heterocycles. The van der Waals surface area contributed by atoms with Crippen molar-refractivity contribution in [3.05, 3.63) is 23.7 Å². The first-order chi connectivity index (χ1) is 8.17. The van der Waals surface area contributed by atoms with Crippen LogP contribution in [0.1, 0.15) is 30.2 Å². The molecule has 0 spiro atoms. The van der Waals surface area contributed by atoms with Crippen molar-refractivity contribution in [2.75, 3.05) is 19.8 Å². The number of aliphatic hydroxyl groups excluding tert-OH is 1. The van der Waals surface area contributed by atoms with Crippen LogP contribution in [0.5, 0.6) is 0 Å². The number of rotatable bonds is 7. The lowest BCUT2D eigenvalue weighted by atomic mass is 10.2. The molecule has 1 aromatic rings. The average molecular weight is 241 g/mol. The van der Waals surface area contributed by atoms with Gasteiger partial charge in [-0.2, -0.15) is 0 Å². The summed E-state index contributed by atoms with van der Waals surface area (Å²) >= 11 is 0. The summed E-state index contributed by atoms with van der Waals surface area (Å²) in [7, 11) is 0. The van der Waals surface area contributed by atoms with Crippen LogP contribution in [-0.4, -0.2) is 30.8 Å². The summed E-state index contributed by atoms with van der Waals surface area (Å²) < 4.78 is 10.1. The monoisotopic (exact) mass is 241 g/mol. The molecule has 0 bridgehead atoms. The Labute approximate surface area is 101 Å². The third kappa shape index (κ3) is 4.58. The third-order valence-electron chi connectivity index (χ3n) is 2.24. The second kappa shape index (κ2) is 7.09. The van der Waals surface area contributed by atoms with Crippen LogP contribution in [0.15, 0.2) is 16.5 Å². The van der Waals surface area contributed by atoms with E-state index in [0.717, 1.165) is 0 Å². The van der Waals surface area contributed by atoms with Crippen molar-refractivity contribution in [3.63, 3.8) is 0 Å². The molecule has 1 unspecified atom stereocenters. The first-order valence-corrected chi connectivity index (χ1v) is 5.74. The van der Waals surface area contributed by atoms with Crippen LogP contribution < -0.4 is 5.32 Å². The summed E-state index contributed by atoms with van der Waals surface area (Å²) in [6.07, 6.45) is 0. The van der Waals surface area contributed by atoms with E-state index < -0.39 is 5.97 Å². The summed E-state index contributed by atoms with van der Waals surface area (Å²) in [4.78, 5) is 11.3. The maximum Gasteiger partial charge on any atom is 0.374 e. The van der Waals surface area contributed by atoms with Crippen LogP contribution in [0.4, 0.5) is 0 Å². The fourth-order valence-corrected chi connectivity index (χ4v) is 1.29. The molecular weight excluding hydrogens is 222 g/mol. The molecule has 0 amide bonds. The molecule has 1 heterocycles. The Balaban J connectivity index is 2.38. The lowest BCUT2D eigenvalue weighted by Gasteiger charge is -2.07. The molecule has 1 atom stereocenters. The van der Waals surface area contributed by atoms with Gasteiger partial charge in [0, 0.05) is 13.2 Å². The van der Waals surface area contributed by atoms with Crippen LogP contribution >= 0.6 is 0 Å². The Bertz CT molecular complexity index is 348. The normalized spacial score (nSPS) is 12.4. The molecule has 0 fully saturated rings. The number of hydrogen-bond donors (Lipinski definition) is 2. The number of furan rings is 1. The maximum absolute atomic E-state index is 11.3. The van der Waals surface area contributed by atoms with E-state index in [1.54, 1.807) is 19.1 Å². The van der Waals surface area contributed by atoms with Crippen LogP contribution in [0, 0.1) is 5.92 Å². The van der Waals surface area contributed by atoms with Crippen molar-refractivity contribution in [1.29, 1.82) is 0 Å². The van der Waals surface area contributed by atoms with E-state index in [-0.39, 0.29) is 18.3 Å². The summed E-state index contributed by atoms with van der Waals surface area (Å²) in [6.45, 7) is 5.41. The zero-order chi connectivity index (χ0) is 12.7. The predicted molar refractivity (Wildman–Crippen MR) is 62.6 cm³/mol. The van der Waals surface area contributed by atoms with Gasteiger partial charge in [0.15, 0.2) is 0 Å². The average Bonchev–Trinajstić information content (AvgIpc) is 2.78. The van der Waals surface area contributed by atoms with E-state index >= 15 is 0 Å². The van der Waals surface area contributed by atoms with Gasteiger partial charge in [-0.15, -0.1) is 0 Å². The highest BCUT2D eigenvalue weighted by Gasteiger charge is 2.11. The number of aliphatic hydroxyl groups is 1. The summed E-state index contributed by atoms with van der Waals surface area (Å²) in [5.41, 5.74) is 0. The highest BCUT2D eigenvalue weighted by Crippen LogP contribution is 2.09. The Morgan fingerprint density at radius 1 is 1.59 bits per heavy atom. The topological polar surface area (TPSA) is 71.7 Å². The zero-order valence-electron chi connectivity index (χ0n) is 10.2. The molecule has 0 aliphatic heterocycles. The van der Waals surface area contributed by atoms with E-state index in [2.05, 4.69) is 5.32 Å². The second-order valence-corrected chi connectivity index (χ2v) is 3.91. The minimum absolute atomic E-state index is 0.152. The van der Waals surface area contributed by atoms with Gasteiger partial charge in [-0.3, -0.25) is 0 Å². The fourth-order valence-electron chi connectivity index (χ4n) is 1.29. The van der Waals surface area contributed by atoms with Gasteiger partial charge in [0.2, 0.25) is 5.76 Å². The van der Waals surface area contributed by atoms with Crippen molar-refractivity contribution in [3.8, 4) is 0 Å². The van der Waals surface area contributed by atoms with Crippen molar-refractivity contribution in [2.45, 2.75) is 20.4 Å². The van der Waals surface area contributed by atoms with Gasteiger partial charge in [-0.1, -0.05) is 6.92 Å². The van der Waals surface area contributed by atoms with Crippen LogP contribution in [0.25, 0.3) is 0 Å². The fraction of sp³-hybridized carbons (Fsp3) is 0.583. The minimum Gasteiger partial charge on any atom is -0.460 e. The van der Waals surface area contributed by atoms with E-state index in [1.807, 2.05) is 6.92 Å². The summed E-state index contributed by atoms with van der Waals surface area (Å²) in [6, 6.07) is 3.34. The molecule has 0 saturated carbocycles. The molecular formula is C12H19NO4.